The molecule has 0 saturated carbocycles. The van der Waals surface area contributed by atoms with Crippen molar-refractivity contribution in [1.82, 2.24) is 27.4 Å². The van der Waals surface area contributed by atoms with Crippen molar-refractivity contribution in [3.05, 3.63) is 558 Å². The van der Waals surface area contributed by atoms with E-state index in [2.05, 4.69) is 586 Å². The quantitative estimate of drug-likeness (QED) is 0.0972. The lowest BCUT2D eigenvalue weighted by Gasteiger charge is -2.14. The molecule has 6 aromatic heterocycles. The summed E-state index contributed by atoms with van der Waals surface area (Å²) in [5, 5.41) is 22.1. The molecule has 6 heteroatoms. The normalized spacial score (nSPS) is 11.9. The van der Waals surface area contributed by atoms with Crippen LogP contribution in [0.2, 0.25) is 0 Å². The van der Waals surface area contributed by atoms with Gasteiger partial charge in [-0.3, -0.25) is 0 Å². The van der Waals surface area contributed by atoms with Gasteiger partial charge < -0.3 is 27.4 Å². The van der Waals surface area contributed by atoms with E-state index in [9.17, 15) is 0 Å². The molecule has 0 amide bonds. The van der Waals surface area contributed by atoms with Crippen LogP contribution in [-0.4, -0.2) is 27.4 Å². The fourth-order valence-corrected chi connectivity index (χ4v) is 24.4. The van der Waals surface area contributed by atoms with Crippen LogP contribution in [0.25, 0.3) is 286 Å². The Morgan fingerprint density at radius 3 is 0.580 bits per heavy atom. The number of nitrogens with zero attached hydrogens (tertiary/aromatic N) is 6. The van der Waals surface area contributed by atoms with Gasteiger partial charge in [0.25, 0.3) is 0 Å². The number of benzene rings is 25. The minimum Gasteiger partial charge on any atom is -0.309 e. The van der Waals surface area contributed by atoms with Crippen LogP contribution in [0.1, 0.15) is 0 Å². The first-order valence-electron chi connectivity index (χ1n) is 51.7. The Morgan fingerprint density at radius 2 is 0.287 bits per heavy atom. The fourth-order valence-electron chi connectivity index (χ4n) is 24.4. The molecule has 0 bridgehead atoms. The maximum Gasteiger partial charge on any atom is 0.0546 e. The molecule has 0 spiro atoms. The second kappa shape index (κ2) is 35.0. The van der Waals surface area contributed by atoms with Crippen LogP contribution in [-0.2, 0) is 0 Å². The Labute approximate surface area is 865 Å². The first-order chi connectivity index (χ1) is 74.4. The third-order valence-electron chi connectivity index (χ3n) is 31.4. The molecule has 0 saturated heterocycles. The highest BCUT2D eigenvalue weighted by Gasteiger charge is 2.27. The summed E-state index contributed by atoms with van der Waals surface area (Å²) in [6.07, 6.45) is 0. The zero-order valence-electron chi connectivity index (χ0n) is 81.8. The molecule has 150 heavy (non-hydrogen) atoms. The van der Waals surface area contributed by atoms with Crippen LogP contribution in [0.4, 0.5) is 0 Å². The number of rotatable bonds is 14. The zero-order chi connectivity index (χ0) is 98.5. The van der Waals surface area contributed by atoms with Gasteiger partial charge in [-0.15, -0.1) is 0 Å². The number of hydrogen-bond donors (Lipinski definition) is 0. The summed E-state index contributed by atoms with van der Waals surface area (Å²) in [5.74, 6) is 0. The van der Waals surface area contributed by atoms with Gasteiger partial charge in [-0.1, -0.05) is 364 Å². The van der Waals surface area contributed by atoms with E-state index >= 15 is 0 Å². The van der Waals surface area contributed by atoms with Gasteiger partial charge in [0.2, 0.25) is 0 Å². The van der Waals surface area contributed by atoms with E-state index < -0.39 is 0 Å². The zero-order valence-corrected chi connectivity index (χ0v) is 81.8. The van der Waals surface area contributed by atoms with Crippen LogP contribution in [0.5, 0.6) is 0 Å². The molecule has 31 rings (SSSR count). The van der Waals surface area contributed by atoms with Gasteiger partial charge in [0.05, 0.1) is 77.6 Å². The van der Waals surface area contributed by atoms with Crippen molar-refractivity contribution in [2.75, 3.05) is 0 Å². The topological polar surface area (TPSA) is 29.6 Å². The summed E-state index contributed by atoms with van der Waals surface area (Å²) in [5.41, 5.74) is 40.2. The van der Waals surface area contributed by atoms with Crippen LogP contribution in [0.15, 0.2) is 558 Å². The van der Waals surface area contributed by atoms with E-state index in [4.69, 9.17) is 0 Å². The van der Waals surface area contributed by atoms with Crippen LogP contribution < -0.4 is 0 Å². The molecular weight excluding hydrogens is 1810 g/mol. The molecule has 6 heterocycles. The Hall–Kier alpha value is -19.9. The van der Waals surface area contributed by atoms with Gasteiger partial charge in [0, 0.05) is 98.2 Å². The minimum absolute atomic E-state index is 1.12. The maximum absolute atomic E-state index is 2.50. The Bertz CT molecular complexity index is 10900. The van der Waals surface area contributed by atoms with Crippen LogP contribution in [0.3, 0.4) is 0 Å². The lowest BCUT2D eigenvalue weighted by molar-refractivity contribution is 1.17. The molecule has 0 N–H and O–H groups in total. The molecule has 0 radical (unpaired) electrons. The molecule has 0 unspecified atom stereocenters. The van der Waals surface area contributed by atoms with Gasteiger partial charge in [-0.2, -0.15) is 0 Å². The van der Waals surface area contributed by atoms with Gasteiger partial charge in [-0.05, 0) is 305 Å². The Balaban J connectivity index is 0.000000138. The predicted octanol–water partition coefficient (Wildman–Crippen LogP) is 38.8. The van der Waals surface area contributed by atoms with Crippen molar-refractivity contribution in [3.8, 4) is 123 Å². The average Bonchev–Trinajstić information content (AvgIpc) is 1.75. The van der Waals surface area contributed by atoms with Gasteiger partial charge in [-0.25, -0.2) is 0 Å². The average molecular weight is 1910 g/mol. The maximum atomic E-state index is 2.50. The van der Waals surface area contributed by atoms with Crippen molar-refractivity contribution < 1.29 is 0 Å². The van der Waals surface area contributed by atoms with Crippen LogP contribution in [0, 0.1) is 0 Å². The standard InChI is InChI=1S/C74H47N3.C70H45N3/c1-5-17-48(18-6-1)51-30-36-69-62(41-51)63-44-54(32-37-70(63)76(69)58-34-40-71-67(47-58)66-43-52(49-19-7-2-8-20-49)29-35-68(66)75(71)57-24-11-4-12-25-57)55-33-39-73-65(45-55)64-42-53(50-21-9-3-10-22-50)31-38-72(64)77(73)74-46-56-23-13-14-26-59(56)60-27-15-16-28-61(60)74;1-5-16-46(17-6-1)50-29-35-66-58(40-50)59-43-53(54-32-38-70-61(44-54)60-41-52(48-20-9-3-10-21-48)30-37-69(60)73(70)64-27-15-23-49-22-13-14-26-57(49)64)31-36-67(59)72(66)56-33-39-68-63(45-56)62-42-51(47-18-7-2-8-19-47)28-34-65(62)71(68)55-24-11-4-12-25-55/h1-47H;1-45H. The number of fused-ring (bicyclic) bond motifs is 22. The highest BCUT2D eigenvalue weighted by molar-refractivity contribution is 6.21. The van der Waals surface area contributed by atoms with Crippen molar-refractivity contribution in [3.63, 3.8) is 0 Å². The lowest BCUT2D eigenvalue weighted by Crippen LogP contribution is -1.96. The lowest BCUT2D eigenvalue weighted by atomic mass is 9.98. The highest BCUT2D eigenvalue weighted by Crippen LogP contribution is 2.49. The highest BCUT2D eigenvalue weighted by atomic mass is 15.0. The van der Waals surface area contributed by atoms with E-state index in [0.717, 1.165) is 22.7 Å². The smallest absolute Gasteiger partial charge is 0.0546 e. The van der Waals surface area contributed by atoms with Crippen LogP contribution >= 0.6 is 0 Å². The second-order valence-electron chi connectivity index (χ2n) is 39.8. The number of para-hydroxylation sites is 2. The van der Waals surface area contributed by atoms with E-state index in [1.165, 1.54) is 264 Å². The predicted molar refractivity (Wildman–Crippen MR) is 635 cm³/mol. The molecule has 0 aliphatic carbocycles. The van der Waals surface area contributed by atoms with E-state index in [1.807, 2.05) is 0 Å². The van der Waals surface area contributed by atoms with Crippen molar-refractivity contribution >= 4 is 163 Å². The van der Waals surface area contributed by atoms with E-state index in [-0.39, 0.29) is 0 Å². The van der Waals surface area contributed by atoms with E-state index in [0.29, 0.717) is 0 Å². The van der Waals surface area contributed by atoms with Gasteiger partial charge >= 0.3 is 0 Å². The summed E-state index contributed by atoms with van der Waals surface area (Å²) in [6, 6.07) is 206. The summed E-state index contributed by atoms with van der Waals surface area (Å²) in [7, 11) is 0. The Morgan fingerprint density at radius 1 is 0.0867 bits per heavy atom. The first kappa shape index (κ1) is 85.6. The van der Waals surface area contributed by atoms with Crippen molar-refractivity contribution in [2.24, 2.45) is 0 Å². The van der Waals surface area contributed by atoms with E-state index in [1.54, 1.807) is 0 Å². The molecular formula is C144H92N6. The second-order valence-corrected chi connectivity index (χ2v) is 39.8. The third-order valence-corrected chi connectivity index (χ3v) is 31.4. The summed E-state index contributed by atoms with van der Waals surface area (Å²) in [4.78, 5) is 0. The van der Waals surface area contributed by atoms with Crippen molar-refractivity contribution in [1.29, 1.82) is 0 Å². The summed E-state index contributed by atoms with van der Waals surface area (Å²) in [6.45, 7) is 0. The molecule has 698 valence electrons. The molecule has 0 aliphatic rings. The largest absolute Gasteiger partial charge is 0.309 e. The third kappa shape index (κ3) is 14.1. The van der Waals surface area contributed by atoms with Crippen molar-refractivity contribution in [2.45, 2.75) is 0 Å². The fraction of sp³-hybridized carbons (Fsp3) is 0. The SMILES string of the molecule is c1ccc(-c2ccc3c(c2)c2cc(-c4ccc5c(c4)c4cc(-c6ccccc6)ccc4n5-c4cc5ccccc5c5ccccc45)ccc2n3-c2ccc3c(c2)c2cc(-c4ccccc4)ccc2n3-c2ccccc2)cc1.c1ccc(-c2ccc3c(c2)c2cc(-c4ccc5c(c4)c4cc(-c6ccccc6)ccc4n5-c4cccc5ccccc45)ccc2n3-c2ccc3c(c2)c2cc(-c4ccccc4)ccc2n3-c2ccccc2)cc1. The minimum atomic E-state index is 1.12. The molecule has 6 nitrogen and oxygen atoms in total. The summed E-state index contributed by atoms with van der Waals surface area (Å²) < 4.78 is 14.7. The van der Waals surface area contributed by atoms with Gasteiger partial charge in [0.1, 0.15) is 0 Å². The molecule has 0 atom stereocenters. The first-order valence-corrected chi connectivity index (χ1v) is 51.7. The number of hydrogen-bond acceptors (Lipinski definition) is 0. The Kier molecular flexibility index (Phi) is 20.0. The molecule has 25 aromatic carbocycles. The van der Waals surface area contributed by atoms with Gasteiger partial charge in [0.15, 0.2) is 0 Å². The molecule has 0 aliphatic heterocycles. The number of aromatic nitrogens is 6. The molecule has 31 aromatic rings. The molecule has 0 fully saturated rings. The summed E-state index contributed by atoms with van der Waals surface area (Å²) >= 11 is 0. The monoisotopic (exact) mass is 1900 g/mol.